The Morgan fingerprint density at radius 2 is 2.12 bits per heavy atom. The van der Waals surface area contributed by atoms with Crippen LogP contribution in [0.3, 0.4) is 0 Å². The first-order valence-corrected chi connectivity index (χ1v) is 10.6. The summed E-state index contributed by atoms with van der Waals surface area (Å²) >= 11 is 1.38. The van der Waals surface area contributed by atoms with Crippen molar-refractivity contribution in [3.05, 3.63) is 46.8 Å². The molecular formula is C21H21N5O5S. The molecule has 4 aromatic rings. The average molecular weight is 455 g/mol. The van der Waals surface area contributed by atoms with Crippen LogP contribution >= 0.6 is 11.3 Å². The maximum absolute atomic E-state index is 11.9. The number of aromatic nitrogens is 3. The van der Waals surface area contributed by atoms with Crippen molar-refractivity contribution in [1.29, 1.82) is 0 Å². The van der Waals surface area contributed by atoms with Crippen LogP contribution in [0.15, 0.2) is 34.2 Å². The third kappa shape index (κ3) is 4.48. The Hall–Kier alpha value is -3.70. The Kier molecular flexibility index (Phi) is 6.19. The van der Waals surface area contributed by atoms with Crippen molar-refractivity contribution in [2.24, 2.45) is 0 Å². The van der Waals surface area contributed by atoms with E-state index >= 15 is 0 Å². The molecule has 3 heterocycles. The molecule has 4 rings (SSSR count). The molecule has 0 aliphatic rings. The van der Waals surface area contributed by atoms with Crippen LogP contribution in [0.5, 0.6) is 11.5 Å². The summed E-state index contributed by atoms with van der Waals surface area (Å²) in [5, 5.41) is 21.7. The second kappa shape index (κ2) is 9.20. The highest BCUT2D eigenvalue weighted by atomic mass is 32.1. The normalized spacial score (nSPS) is 11.0. The highest BCUT2D eigenvalue weighted by Gasteiger charge is 2.17. The summed E-state index contributed by atoms with van der Waals surface area (Å²) in [5.41, 5.74) is 8.62. The number of aliphatic hydroxyl groups is 1. The van der Waals surface area contributed by atoms with E-state index in [2.05, 4.69) is 20.5 Å². The molecular weight excluding hydrogens is 434 g/mol. The molecule has 0 bridgehead atoms. The first kappa shape index (κ1) is 21.5. The minimum absolute atomic E-state index is 0.0927. The van der Waals surface area contributed by atoms with Gasteiger partial charge < -0.3 is 30.0 Å². The van der Waals surface area contributed by atoms with E-state index in [0.29, 0.717) is 33.4 Å². The van der Waals surface area contributed by atoms with E-state index in [9.17, 15) is 4.79 Å². The van der Waals surface area contributed by atoms with Gasteiger partial charge in [0.1, 0.15) is 18.2 Å². The van der Waals surface area contributed by atoms with Crippen LogP contribution in [0.25, 0.3) is 21.5 Å². The molecule has 1 amide bonds. The van der Waals surface area contributed by atoms with Crippen LogP contribution < -0.4 is 20.5 Å². The zero-order valence-corrected chi connectivity index (χ0v) is 18.2. The van der Waals surface area contributed by atoms with Gasteiger partial charge in [-0.25, -0.2) is 9.78 Å². The summed E-state index contributed by atoms with van der Waals surface area (Å²) in [7, 11) is 0. The van der Waals surface area contributed by atoms with E-state index in [0.717, 1.165) is 16.7 Å². The maximum atomic E-state index is 11.9. The standard InChI is InChI=1S/C21H21N5O5S/c1-11-3-4-13(20-26-25-12(2)30-20)7-15(11)29-9-14-10-32-18-16(8-24-19(22)17(14)18)31-21(28)23-5-6-27/h3-4,7-8,10,27H,5-6,9H2,1-2H3,(H2,22,24)(H,23,28). The number of thiophene rings is 1. The molecule has 0 aliphatic heterocycles. The SMILES string of the molecule is Cc1nnc(-c2ccc(C)c(OCc3csc4c(OC(=O)NCCO)cnc(N)c34)c2)o1. The number of amides is 1. The van der Waals surface area contributed by atoms with Crippen molar-refractivity contribution in [3.63, 3.8) is 0 Å². The first-order chi connectivity index (χ1) is 15.5. The first-order valence-electron chi connectivity index (χ1n) is 9.71. The number of aryl methyl sites for hydroxylation is 2. The lowest BCUT2D eigenvalue weighted by Gasteiger charge is -2.11. The summed E-state index contributed by atoms with van der Waals surface area (Å²) in [6.07, 6.45) is 0.721. The van der Waals surface area contributed by atoms with Gasteiger partial charge in [0.25, 0.3) is 0 Å². The number of fused-ring (bicyclic) bond motifs is 1. The average Bonchev–Trinajstić information content (AvgIpc) is 3.41. The predicted molar refractivity (Wildman–Crippen MR) is 119 cm³/mol. The fourth-order valence-corrected chi connectivity index (χ4v) is 4.05. The number of rotatable bonds is 7. The number of nitrogens with two attached hydrogens (primary N) is 1. The van der Waals surface area contributed by atoms with E-state index in [1.165, 1.54) is 17.5 Å². The Morgan fingerprint density at radius 3 is 2.88 bits per heavy atom. The zero-order valence-electron chi connectivity index (χ0n) is 17.4. The second-order valence-corrected chi connectivity index (χ2v) is 7.79. The van der Waals surface area contributed by atoms with Crippen molar-refractivity contribution >= 4 is 33.3 Å². The molecule has 0 atom stereocenters. The number of nitrogens with zero attached hydrogens (tertiary/aromatic N) is 3. The Bertz CT molecular complexity index is 1270. The number of carbonyl (C=O) groups is 1. The van der Waals surface area contributed by atoms with E-state index in [4.69, 9.17) is 24.7 Å². The molecule has 11 heteroatoms. The van der Waals surface area contributed by atoms with Crippen molar-refractivity contribution in [2.45, 2.75) is 20.5 Å². The van der Waals surface area contributed by atoms with E-state index in [-0.39, 0.29) is 25.5 Å². The van der Waals surface area contributed by atoms with Gasteiger partial charge in [0.05, 0.1) is 17.5 Å². The summed E-state index contributed by atoms with van der Waals surface area (Å²) in [5.74, 6) is 2.17. The highest BCUT2D eigenvalue weighted by Crippen LogP contribution is 2.37. The highest BCUT2D eigenvalue weighted by molar-refractivity contribution is 7.17. The fourth-order valence-electron chi connectivity index (χ4n) is 3.04. The molecule has 1 aromatic carbocycles. The van der Waals surface area contributed by atoms with Crippen LogP contribution in [0, 0.1) is 13.8 Å². The summed E-state index contributed by atoms with van der Waals surface area (Å²) in [6.45, 7) is 3.82. The number of hydrogen-bond acceptors (Lipinski definition) is 10. The number of anilines is 1. The van der Waals surface area contributed by atoms with Gasteiger partial charge in [-0.15, -0.1) is 21.5 Å². The van der Waals surface area contributed by atoms with Crippen molar-refractivity contribution in [1.82, 2.24) is 20.5 Å². The molecule has 166 valence electrons. The third-order valence-electron chi connectivity index (χ3n) is 4.60. The molecule has 0 spiro atoms. The number of aliphatic hydroxyl groups excluding tert-OH is 1. The molecule has 10 nitrogen and oxygen atoms in total. The number of ether oxygens (including phenoxy) is 2. The Labute approximate surface area is 187 Å². The lowest BCUT2D eigenvalue weighted by atomic mass is 10.1. The number of nitrogens with one attached hydrogen (secondary N) is 1. The number of benzene rings is 1. The maximum Gasteiger partial charge on any atom is 0.412 e. The quantitative estimate of drug-likeness (QED) is 0.382. The number of pyridine rings is 1. The monoisotopic (exact) mass is 455 g/mol. The molecule has 0 unspecified atom stereocenters. The molecule has 0 fully saturated rings. The summed E-state index contributed by atoms with van der Waals surface area (Å²) < 4.78 is 17.6. The molecule has 0 saturated heterocycles. The summed E-state index contributed by atoms with van der Waals surface area (Å²) in [4.78, 5) is 16.0. The Morgan fingerprint density at radius 1 is 1.28 bits per heavy atom. The Balaban J connectivity index is 1.56. The lowest BCUT2D eigenvalue weighted by Crippen LogP contribution is -2.29. The van der Waals surface area contributed by atoms with Gasteiger partial charge in [0.2, 0.25) is 11.8 Å². The predicted octanol–water partition coefficient (Wildman–Crippen LogP) is 3.21. The topological polar surface area (TPSA) is 146 Å². The van der Waals surface area contributed by atoms with Crippen LogP contribution in [0.1, 0.15) is 17.0 Å². The van der Waals surface area contributed by atoms with Crippen molar-refractivity contribution in [3.8, 4) is 23.0 Å². The van der Waals surface area contributed by atoms with Crippen molar-refractivity contribution < 1.29 is 23.8 Å². The minimum Gasteiger partial charge on any atom is -0.489 e. The molecule has 32 heavy (non-hydrogen) atoms. The molecule has 0 aliphatic carbocycles. The zero-order chi connectivity index (χ0) is 22.7. The summed E-state index contributed by atoms with van der Waals surface area (Å²) in [6, 6.07) is 5.66. The van der Waals surface area contributed by atoms with Gasteiger partial charge in [-0.3, -0.25) is 0 Å². The van der Waals surface area contributed by atoms with Gasteiger partial charge in [0, 0.05) is 30.0 Å². The van der Waals surface area contributed by atoms with Crippen LogP contribution in [0.4, 0.5) is 10.6 Å². The van der Waals surface area contributed by atoms with E-state index in [1.807, 2.05) is 30.5 Å². The van der Waals surface area contributed by atoms with Crippen LogP contribution in [-0.2, 0) is 6.61 Å². The molecule has 3 aromatic heterocycles. The van der Waals surface area contributed by atoms with Gasteiger partial charge in [-0.1, -0.05) is 6.07 Å². The van der Waals surface area contributed by atoms with Crippen molar-refractivity contribution in [2.75, 3.05) is 18.9 Å². The van der Waals surface area contributed by atoms with Gasteiger partial charge in [-0.2, -0.15) is 0 Å². The molecule has 0 radical (unpaired) electrons. The second-order valence-electron chi connectivity index (χ2n) is 6.91. The van der Waals surface area contributed by atoms with Gasteiger partial charge in [-0.05, 0) is 30.0 Å². The van der Waals surface area contributed by atoms with E-state index < -0.39 is 6.09 Å². The minimum atomic E-state index is -0.679. The number of nitrogen functional groups attached to an aromatic ring is 1. The number of carbonyl (C=O) groups excluding carboxylic acids is 1. The van der Waals surface area contributed by atoms with Gasteiger partial charge in [0.15, 0.2) is 5.75 Å². The van der Waals surface area contributed by atoms with Crippen LogP contribution in [-0.4, -0.2) is 39.5 Å². The van der Waals surface area contributed by atoms with E-state index in [1.54, 1.807) is 6.92 Å². The largest absolute Gasteiger partial charge is 0.489 e. The lowest BCUT2D eigenvalue weighted by molar-refractivity contribution is 0.196. The van der Waals surface area contributed by atoms with Crippen LogP contribution in [0.2, 0.25) is 0 Å². The molecule has 4 N–H and O–H groups in total. The molecule has 0 saturated carbocycles. The van der Waals surface area contributed by atoms with Gasteiger partial charge >= 0.3 is 6.09 Å². The third-order valence-corrected chi connectivity index (χ3v) is 5.64. The number of hydrogen-bond donors (Lipinski definition) is 3. The smallest absolute Gasteiger partial charge is 0.412 e. The fraction of sp³-hybridized carbons (Fsp3) is 0.238.